The fourth-order valence-corrected chi connectivity index (χ4v) is 2.29. The smallest absolute Gasteiger partial charge is 0.168 e. The molecule has 0 spiro atoms. The summed E-state index contributed by atoms with van der Waals surface area (Å²) in [6.45, 7) is 2.66. The summed E-state index contributed by atoms with van der Waals surface area (Å²) in [6, 6.07) is 11.5. The Morgan fingerprint density at radius 2 is 1.71 bits per heavy atom. The summed E-state index contributed by atoms with van der Waals surface area (Å²) in [4.78, 5) is 0. The molecule has 0 bridgehead atoms. The Hall–Kier alpha value is -2.56. The van der Waals surface area contributed by atoms with E-state index in [9.17, 15) is 8.78 Å². The number of fused-ring (bicyclic) bond motifs is 1. The predicted molar refractivity (Wildman–Crippen MR) is 79.1 cm³/mol. The van der Waals surface area contributed by atoms with Crippen molar-refractivity contribution in [2.75, 3.05) is 11.9 Å². The first-order chi connectivity index (χ1) is 10.2. The van der Waals surface area contributed by atoms with E-state index in [1.54, 1.807) is 0 Å². The molecule has 0 radical (unpaired) electrons. The molecule has 3 rings (SSSR count). The molecule has 0 unspecified atom stereocenters. The lowest BCUT2D eigenvalue weighted by Gasteiger charge is -2.10. The zero-order valence-corrected chi connectivity index (χ0v) is 11.4. The van der Waals surface area contributed by atoms with Crippen molar-refractivity contribution < 1.29 is 8.78 Å². The summed E-state index contributed by atoms with van der Waals surface area (Å²) in [6.07, 6.45) is 0. The Labute approximate surface area is 120 Å². The van der Waals surface area contributed by atoms with Gasteiger partial charge < -0.3 is 5.32 Å². The van der Waals surface area contributed by atoms with Crippen LogP contribution in [-0.2, 0) is 0 Å². The van der Waals surface area contributed by atoms with E-state index in [0.717, 1.165) is 16.8 Å². The molecule has 2 aromatic carbocycles. The van der Waals surface area contributed by atoms with Gasteiger partial charge in [0.05, 0.1) is 0 Å². The lowest BCUT2D eigenvalue weighted by atomic mass is 10.0. The molecule has 3 nitrogen and oxygen atoms in total. The number of benzene rings is 2. The molecule has 0 aliphatic heterocycles. The maximum atomic E-state index is 14.0. The zero-order valence-electron chi connectivity index (χ0n) is 11.4. The molecule has 0 amide bonds. The number of rotatable bonds is 3. The molecule has 0 saturated carbocycles. The van der Waals surface area contributed by atoms with Crippen LogP contribution in [0.15, 0.2) is 42.5 Å². The third-order valence-corrected chi connectivity index (χ3v) is 3.24. The second-order valence-corrected chi connectivity index (χ2v) is 4.57. The summed E-state index contributed by atoms with van der Waals surface area (Å²) in [5.74, 6) is -1.17. The normalized spacial score (nSPS) is 10.8. The summed E-state index contributed by atoms with van der Waals surface area (Å²) < 4.78 is 27.4. The average Bonchev–Trinajstić information content (AvgIpc) is 2.51. The molecule has 0 aliphatic carbocycles. The number of hydrogen-bond donors (Lipinski definition) is 1. The van der Waals surface area contributed by atoms with Gasteiger partial charge in [-0.25, -0.2) is 8.78 Å². The Bertz CT molecular complexity index is 803. The van der Waals surface area contributed by atoms with E-state index >= 15 is 0 Å². The van der Waals surface area contributed by atoms with Gasteiger partial charge in [0.25, 0.3) is 0 Å². The number of halogens is 2. The molecule has 5 heteroatoms. The number of anilines is 1. The van der Waals surface area contributed by atoms with Crippen molar-refractivity contribution in [2.24, 2.45) is 0 Å². The monoisotopic (exact) mass is 285 g/mol. The van der Waals surface area contributed by atoms with Crippen LogP contribution in [0, 0.1) is 11.6 Å². The van der Waals surface area contributed by atoms with Gasteiger partial charge in [-0.15, -0.1) is 10.2 Å². The number of hydrogen-bond acceptors (Lipinski definition) is 3. The van der Waals surface area contributed by atoms with E-state index in [1.165, 1.54) is 12.1 Å². The van der Waals surface area contributed by atoms with Gasteiger partial charge >= 0.3 is 0 Å². The van der Waals surface area contributed by atoms with Gasteiger partial charge in [0, 0.05) is 22.9 Å². The topological polar surface area (TPSA) is 37.8 Å². The van der Waals surface area contributed by atoms with E-state index in [2.05, 4.69) is 15.5 Å². The predicted octanol–water partition coefficient (Wildman–Crippen LogP) is 4.01. The maximum Gasteiger partial charge on any atom is 0.168 e. The molecule has 0 atom stereocenters. The average molecular weight is 285 g/mol. The molecule has 1 N–H and O–H groups in total. The summed E-state index contributed by atoms with van der Waals surface area (Å²) in [5, 5.41) is 12.8. The number of nitrogens with zero attached hydrogens (tertiary/aromatic N) is 2. The lowest BCUT2D eigenvalue weighted by molar-refractivity contribution is 0.511. The maximum absolute atomic E-state index is 14.0. The summed E-state index contributed by atoms with van der Waals surface area (Å²) in [5.41, 5.74) is 0.450. The molecule has 1 aromatic heterocycles. The first-order valence-corrected chi connectivity index (χ1v) is 6.66. The van der Waals surface area contributed by atoms with Crippen molar-refractivity contribution in [1.29, 1.82) is 0 Å². The van der Waals surface area contributed by atoms with Crippen molar-refractivity contribution >= 4 is 16.6 Å². The highest BCUT2D eigenvalue weighted by Gasteiger charge is 2.15. The largest absolute Gasteiger partial charge is 0.368 e. The molecule has 21 heavy (non-hydrogen) atoms. The second-order valence-electron chi connectivity index (χ2n) is 4.57. The van der Waals surface area contributed by atoms with Crippen molar-refractivity contribution in [3.8, 4) is 11.3 Å². The van der Waals surface area contributed by atoms with E-state index < -0.39 is 11.6 Å². The molecule has 0 aliphatic rings. The Morgan fingerprint density at radius 1 is 0.952 bits per heavy atom. The van der Waals surface area contributed by atoms with Crippen LogP contribution < -0.4 is 5.32 Å². The van der Waals surface area contributed by atoms with Crippen LogP contribution in [0.2, 0.25) is 0 Å². The molecule has 3 aromatic rings. The Kier molecular flexibility index (Phi) is 3.48. The highest BCUT2D eigenvalue weighted by atomic mass is 19.2. The minimum Gasteiger partial charge on any atom is -0.368 e. The van der Waals surface area contributed by atoms with Crippen LogP contribution in [0.4, 0.5) is 14.6 Å². The summed E-state index contributed by atoms with van der Waals surface area (Å²) in [7, 11) is 0. The molecule has 0 saturated heterocycles. The molecular weight excluding hydrogens is 272 g/mol. The van der Waals surface area contributed by atoms with Gasteiger partial charge in [0.1, 0.15) is 5.69 Å². The van der Waals surface area contributed by atoms with Crippen LogP contribution in [0.25, 0.3) is 22.0 Å². The van der Waals surface area contributed by atoms with Gasteiger partial charge in [0.15, 0.2) is 17.5 Å². The fraction of sp³-hybridized carbons (Fsp3) is 0.125. The molecular formula is C16H13F2N3. The van der Waals surface area contributed by atoms with Crippen LogP contribution >= 0.6 is 0 Å². The van der Waals surface area contributed by atoms with E-state index in [0.29, 0.717) is 18.1 Å². The van der Waals surface area contributed by atoms with Crippen molar-refractivity contribution in [1.82, 2.24) is 10.2 Å². The van der Waals surface area contributed by atoms with E-state index in [4.69, 9.17) is 0 Å². The van der Waals surface area contributed by atoms with Crippen LogP contribution in [-0.4, -0.2) is 16.7 Å². The van der Waals surface area contributed by atoms with Crippen molar-refractivity contribution in [3.63, 3.8) is 0 Å². The minimum absolute atomic E-state index is 0.113. The number of aromatic nitrogens is 2. The van der Waals surface area contributed by atoms with E-state index in [1.807, 2.05) is 31.2 Å². The third-order valence-electron chi connectivity index (χ3n) is 3.24. The van der Waals surface area contributed by atoms with E-state index in [-0.39, 0.29) is 5.56 Å². The van der Waals surface area contributed by atoms with Crippen LogP contribution in [0.3, 0.4) is 0 Å². The fourth-order valence-electron chi connectivity index (χ4n) is 2.29. The first-order valence-electron chi connectivity index (χ1n) is 6.66. The molecule has 1 heterocycles. The SMILES string of the molecule is CCNc1nnc(-c2cccc(F)c2F)c2ccccc12. The molecule has 0 fully saturated rings. The lowest BCUT2D eigenvalue weighted by Crippen LogP contribution is -2.03. The Balaban J connectivity index is 2.29. The first kappa shape index (κ1) is 13.4. The molecule has 106 valence electrons. The second kappa shape index (κ2) is 5.44. The van der Waals surface area contributed by atoms with Gasteiger partial charge in [-0.1, -0.05) is 30.3 Å². The van der Waals surface area contributed by atoms with Crippen LogP contribution in [0.1, 0.15) is 6.92 Å². The van der Waals surface area contributed by atoms with Gasteiger partial charge in [0.2, 0.25) is 0 Å². The van der Waals surface area contributed by atoms with Crippen molar-refractivity contribution in [2.45, 2.75) is 6.92 Å². The third kappa shape index (κ3) is 2.31. The van der Waals surface area contributed by atoms with Gasteiger partial charge in [-0.05, 0) is 19.1 Å². The quantitative estimate of drug-likeness (QED) is 0.790. The van der Waals surface area contributed by atoms with Gasteiger partial charge in [-0.2, -0.15) is 0 Å². The minimum atomic E-state index is -0.909. The number of nitrogens with one attached hydrogen (secondary N) is 1. The van der Waals surface area contributed by atoms with Crippen LogP contribution in [0.5, 0.6) is 0 Å². The Morgan fingerprint density at radius 3 is 2.48 bits per heavy atom. The highest BCUT2D eigenvalue weighted by molar-refractivity contribution is 6.00. The van der Waals surface area contributed by atoms with Crippen molar-refractivity contribution in [3.05, 3.63) is 54.1 Å². The standard InChI is InChI=1S/C16H13F2N3/c1-2-19-16-11-7-4-3-6-10(11)15(20-21-16)12-8-5-9-13(17)14(12)18/h3-9H,2H2,1H3,(H,19,21). The summed E-state index contributed by atoms with van der Waals surface area (Å²) >= 11 is 0. The zero-order chi connectivity index (χ0) is 14.8. The highest BCUT2D eigenvalue weighted by Crippen LogP contribution is 2.31. The van der Waals surface area contributed by atoms with Gasteiger partial charge in [-0.3, -0.25) is 0 Å².